The number of hydrogen-bond donors (Lipinski definition) is 1. The van der Waals surface area contributed by atoms with E-state index in [4.69, 9.17) is 5.73 Å². The van der Waals surface area contributed by atoms with Crippen LogP contribution in [-0.2, 0) is 0 Å². The Balaban J connectivity index is 1.95. The first-order valence-corrected chi connectivity index (χ1v) is 6.07. The molecule has 0 aliphatic rings. The Morgan fingerprint density at radius 3 is 2.00 bits per heavy atom. The van der Waals surface area contributed by atoms with Crippen molar-refractivity contribution in [2.24, 2.45) is 0 Å². The lowest BCUT2D eigenvalue weighted by Gasteiger charge is -2.04. The highest BCUT2D eigenvalue weighted by Crippen LogP contribution is 2.23. The zero-order valence-corrected chi connectivity index (χ0v) is 10.3. The van der Waals surface area contributed by atoms with Crippen molar-refractivity contribution in [1.82, 2.24) is 9.97 Å². The molecule has 0 amide bonds. The molecule has 3 nitrogen and oxygen atoms in total. The minimum Gasteiger partial charge on any atom is -0.368 e. The molecule has 0 atom stereocenters. The number of hydrogen-bond acceptors (Lipinski definition) is 3. The third-order valence-corrected chi connectivity index (χ3v) is 2.96. The van der Waals surface area contributed by atoms with Crippen molar-refractivity contribution in [2.45, 2.75) is 0 Å². The normalized spacial score (nSPS) is 10.3. The number of benzene rings is 2. The molecule has 0 fully saturated rings. The minimum absolute atomic E-state index is 0.296. The van der Waals surface area contributed by atoms with Crippen molar-refractivity contribution >= 4 is 5.95 Å². The van der Waals surface area contributed by atoms with Gasteiger partial charge in [0.1, 0.15) is 0 Å². The lowest BCUT2D eigenvalue weighted by Crippen LogP contribution is -1.94. The Morgan fingerprint density at radius 1 is 0.684 bits per heavy atom. The highest BCUT2D eigenvalue weighted by atomic mass is 15.0. The van der Waals surface area contributed by atoms with Crippen molar-refractivity contribution in [2.75, 3.05) is 5.73 Å². The molecule has 3 aromatic rings. The van der Waals surface area contributed by atoms with Gasteiger partial charge in [0, 0.05) is 11.8 Å². The van der Waals surface area contributed by atoms with Crippen molar-refractivity contribution in [1.29, 1.82) is 0 Å². The van der Waals surface area contributed by atoms with Crippen LogP contribution in [0.25, 0.3) is 22.4 Å². The average Bonchev–Trinajstić information content (AvgIpc) is 2.48. The second kappa shape index (κ2) is 4.90. The van der Waals surface area contributed by atoms with Crippen molar-refractivity contribution < 1.29 is 0 Å². The van der Waals surface area contributed by atoms with E-state index in [-0.39, 0.29) is 0 Å². The van der Waals surface area contributed by atoms with Gasteiger partial charge in [-0.1, -0.05) is 54.6 Å². The van der Waals surface area contributed by atoms with E-state index in [1.807, 2.05) is 36.4 Å². The smallest absolute Gasteiger partial charge is 0.220 e. The fourth-order valence-corrected chi connectivity index (χ4v) is 2.00. The van der Waals surface area contributed by atoms with E-state index in [1.165, 1.54) is 11.1 Å². The van der Waals surface area contributed by atoms with Gasteiger partial charge in [-0.05, 0) is 17.2 Å². The van der Waals surface area contributed by atoms with Gasteiger partial charge in [0.05, 0.1) is 5.69 Å². The average molecular weight is 247 g/mol. The molecule has 3 rings (SSSR count). The Labute approximate surface area is 111 Å². The third-order valence-electron chi connectivity index (χ3n) is 2.96. The summed E-state index contributed by atoms with van der Waals surface area (Å²) in [5.74, 6) is 0.296. The molecular formula is C16H13N3. The standard InChI is InChI=1S/C16H13N3/c17-16-18-11-10-15(19-16)14-8-6-13(7-9-14)12-4-2-1-3-5-12/h1-11H,(H2,17,18,19). The molecule has 0 unspecified atom stereocenters. The number of rotatable bonds is 2. The van der Waals surface area contributed by atoms with Gasteiger partial charge >= 0.3 is 0 Å². The molecule has 0 aliphatic heterocycles. The quantitative estimate of drug-likeness (QED) is 0.755. The summed E-state index contributed by atoms with van der Waals surface area (Å²) in [6.07, 6.45) is 1.67. The predicted molar refractivity (Wildman–Crippen MR) is 77.3 cm³/mol. The summed E-state index contributed by atoms with van der Waals surface area (Å²) in [7, 11) is 0. The maximum absolute atomic E-state index is 5.59. The second-order valence-electron chi connectivity index (χ2n) is 4.24. The summed E-state index contributed by atoms with van der Waals surface area (Å²) in [5, 5.41) is 0. The van der Waals surface area contributed by atoms with Crippen LogP contribution >= 0.6 is 0 Å². The first kappa shape index (κ1) is 11.4. The van der Waals surface area contributed by atoms with Crippen LogP contribution in [0.1, 0.15) is 0 Å². The van der Waals surface area contributed by atoms with Crippen LogP contribution in [0, 0.1) is 0 Å². The largest absolute Gasteiger partial charge is 0.368 e. The van der Waals surface area contributed by atoms with E-state index in [0.717, 1.165) is 11.3 Å². The second-order valence-corrected chi connectivity index (χ2v) is 4.24. The van der Waals surface area contributed by atoms with Crippen LogP contribution in [0.4, 0.5) is 5.95 Å². The molecule has 0 bridgehead atoms. The Kier molecular flexibility index (Phi) is 2.94. The molecule has 0 saturated carbocycles. The number of aromatic nitrogens is 2. The van der Waals surface area contributed by atoms with Gasteiger partial charge in [0.25, 0.3) is 0 Å². The molecule has 19 heavy (non-hydrogen) atoms. The molecule has 3 heteroatoms. The van der Waals surface area contributed by atoms with Gasteiger partial charge in [-0.2, -0.15) is 0 Å². The van der Waals surface area contributed by atoms with Crippen LogP contribution in [0.3, 0.4) is 0 Å². The van der Waals surface area contributed by atoms with E-state index in [2.05, 4.69) is 34.2 Å². The van der Waals surface area contributed by atoms with Gasteiger partial charge in [-0.25, -0.2) is 9.97 Å². The van der Waals surface area contributed by atoms with E-state index >= 15 is 0 Å². The maximum atomic E-state index is 5.59. The van der Waals surface area contributed by atoms with Gasteiger partial charge in [-0.15, -0.1) is 0 Å². The van der Waals surface area contributed by atoms with Crippen LogP contribution in [-0.4, -0.2) is 9.97 Å². The summed E-state index contributed by atoms with van der Waals surface area (Å²) in [6.45, 7) is 0. The van der Waals surface area contributed by atoms with Gasteiger partial charge < -0.3 is 5.73 Å². The number of anilines is 1. The van der Waals surface area contributed by atoms with Gasteiger partial charge in [0.2, 0.25) is 5.95 Å². The monoisotopic (exact) mass is 247 g/mol. The van der Waals surface area contributed by atoms with Crippen molar-refractivity contribution in [3.63, 3.8) is 0 Å². The zero-order chi connectivity index (χ0) is 13.1. The molecule has 2 N–H and O–H groups in total. The first-order valence-electron chi connectivity index (χ1n) is 6.07. The summed E-state index contributed by atoms with van der Waals surface area (Å²) >= 11 is 0. The third kappa shape index (κ3) is 2.45. The summed E-state index contributed by atoms with van der Waals surface area (Å²) in [4.78, 5) is 8.11. The van der Waals surface area contributed by atoms with E-state index in [0.29, 0.717) is 5.95 Å². The van der Waals surface area contributed by atoms with Crippen LogP contribution < -0.4 is 5.73 Å². The Bertz CT molecular complexity index is 676. The Hall–Kier alpha value is -2.68. The molecule has 92 valence electrons. The van der Waals surface area contributed by atoms with E-state index < -0.39 is 0 Å². The fraction of sp³-hybridized carbons (Fsp3) is 0. The Morgan fingerprint density at radius 2 is 1.32 bits per heavy atom. The van der Waals surface area contributed by atoms with Crippen LogP contribution in [0.2, 0.25) is 0 Å². The summed E-state index contributed by atoms with van der Waals surface area (Å²) in [6, 6.07) is 20.4. The minimum atomic E-state index is 0.296. The number of nitrogens with two attached hydrogens (primary N) is 1. The molecule has 0 radical (unpaired) electrons. The van der Waals surface area contributed by atoms with Crippen LogP contribution in [0.5, 0.6) is 0 Å². The highest BCUT2D eigenvalue weighted by Gasteiger charge is 2.01. The fourth-order valence-electron chi connectivity index (χ4n) is 2.00. The molecule has 0 spiro atoms. The molecule has 0 saturated heterocycles. The first-order chi connectivity index (χ1) is 9.33. The summed E-state index contributed by atoms with van der Waals surface area (Å²) in [5.41, 5.74) is 9.86. The van der Waals surface area contributed by atoms with Crippen molar-refractivity contribution in [3.05, 3.63) is 66.9 Å². The lowest BCUT2D eigenvalue weighted by molar-refractivity contribution is 1.19. The maximum Gasteiger partial charge on any atom is 0.220 e. The molecule has 0 aliphatic carbocycles. The molecule has 2 aromatic carbocycles. The van der Waals surface area contributed by atoms with E-state index in [1.54, 1.807) is 6.20 Å². The summed E-state index contributed by atoms with van der Waals surface area (Å²) < 4.78 is 0. The van der Waals surface area contributed by atoms with Crippen LogP contribution in [0.15, 0.2) is 66.9 Å². The van der Waals surface area contributed by atoms with E-state index in [9.17, 15) is 0 Å². The van der Waals surface area contributed by atoms with Crippen molar-refractivity contribution in [3.8, 4) is 22.4 Å². The number of nitrogens with zero attached hydrogens (tertiary/aromatic N) is 2. The van der Waals surface area contributed by atoms with Gasteiger partial charge in [-0.3, -0.25) is 0 Å². The topological polar surface area (TPSA) is 51.8 Å². The number of nitrogen functional groups attached to an aromatic ring is 1. The SMILES string of the molecule is Nc1nccc(-c2ccc(-c3ccccc3)cc2)n1. The predicted octanol–water partition coefficient (Wildman–Crippen LogP) is 3.39. The highest BCUT2D eigenvalue weighted by molar-refractivity contribution is 5.68. The lowest BCUT2D eigenvalue weighted by atomic mass is 10.0. The molecular weight excluding hydrogens is 234 g/mol. The molecule has 1 aromatic heterocycles. The molecule has 1 heterocycles. The van der Waals surface area contributed by atoms with Gasteiger partial charge in [0.15, 0.2) is 0 Å². The zero-order valence-electron chi connectivity index (χ0n) is 10.3.